The molecule has 0 fully saturated rings. The van der Waals surface area contributed by atoms with Crippen LogP contribution in [0.25, 0.3) is 10.9 Å². The third-order valence-electron chi connectivity index (χ3n) is 4.75. The van der Waals surface area contributed by atoms with Crippen molar-refractivity contribution >= 4 is 41.3 Å². The Kier molecular flexibility index (Phi) is 7.13. The highest BCUT2D eigenvalue weighted by molar-refractivity contribution is 7.80. The molecule has 0 aliphatic heterocycles. The fourth-order valence-corrected chi connectivity index (χ4v) is 3.41. The lowest BCUT2D eigenvalue weighted by Gasteiger charge is -2.21. The van der Waals surface area contributed by atoms with Gasteiger partial charge in [0.15, 0.2) is 0 Å². The molecule has 4 N–H and O–H groups in total. The molecule has 2 atom stereocenters. The van der Waals surface area contributed by atoms with E-state index in [4.69, 9.17) is 0 Å². The number of hydrogen-bond donors (Lipinski definition) is 5. The molecule has 0 aliphatic rings. The van der Waals surface area contributed by atoms with Crippen LogP contribution in [0.3, 0.4) is 0 Å². The summed E-state index contributed by atoms with van der Waals surface area (Å²) in [5.74, 6) is -1.75. The zero-order valence-electron chi connectivity index (χ0n) is 16.2. The van der Waals surface area contributed by atoms with Gasteiger partial charge in [0, 0.05) is 23.7 Å². The Morgan fingerprint density at radius 1 is 1.00 bits per heavy atom. The molecule has 156 valence electrons. The summed E-state index contributed by atoms with van der Waals surface area (Å²) < 4.78 is 0. The predicted octanol–water partition coefficient (Wildman–Crippen LogP) is 2.40. The summed E-state index contributed by atoms with van der Waals surface area (Å²) in [7, 11) is 0. The van der Waals surface area contributed by atoms with Gasteiger partial charge in [-0.1, -0.05) is 36.4 Å². The van der Waals surface area contributed by atoms with Crippen LogP contribution in [0.2, 0.25) is 0 Å². The second-order valence-corrected chi connectivity index (χ2v) is 7.35. The zero-order valence-corrected chi connectivity index (χ0v) is 17.1. The van der Waals surface area contributed by atoms with Crippen LogP contribution in [0.4, 0.5) is 0 Å². The summed E-state index contributed by atoms with van der Waals surface area (Å²) in [6.07, 6.45) is 2.19. The topological polar surface area (TPSA) is 111 Å². The summed E-state index contributed by atoms with van der Waals surface area (Å²) >= 11 is 4.16. The number of thiol groups is 1. The highest BCUT2D eigenvalue weighted by Gasteiger charge is 2.26. The minimum atomic E-state index is -1.14. The van der Waals surface area contributed by atoms with Gasteiger partial charge in [0.25, 0.3) is 5.91 Å². The van der Waals surface area contributed by atoms with Gasteiger partial charge in [-0.25, -0.2) is 4.79 Å². The first kappa shape index (κ1) is 21.4. The van der Waals surface area contributed by atoms with Crippen LogP contribution >= 0.6 is 12.6 Å². The average molecular weight is 426 g/mol. The van der Waals surface area contributed by atoms with Gasteiger partial charge in [0.1, 0.15) is 12.1 Å². The number of carboxylic acids is 1. The number of aromatic nitrogens is 1. The summed E-state index contributed by atoms with van der Waals surface area (Å²) in [6, 6.07) is 14.1. The average Bonchev–Trinajstić information content (AvgIpc) is 3.21. The molecule has 0 aliphatic carbocycles. The molecular weight excluding hydrogens is 402 g/mol. The molecular formula is C22H23N3O4S. The van der Waals surface area contributed by atoms with Gasteiger partial charge < -0.3 is 20.7 Å². The minimum Gasteiger partial charge on any atom is -0.480 e. The predicted molar refractivity (Wildman–Crippen MR) is 118 cm³/mol. The molecule has 7 nitrogen and oxygen atoms in total. The van der Waals surface area contributed by atoms with E-state index in [1.54, 1.807) is 42.6 Å². The number of carboxylic acid groups (broad SMARTS) is 1. The molecule has 1 aromatic heterocycles. The van der Waals surface area contributed by atoms with Gasteiger partial charge in [-0.2, -0.15) is 12.6 Å². The summed E-state index contributed by atoms with van der Waals surface area (Å²) in [5.41, 5.74) is 2.01. The lowest BCUT2D eigenvalue weighted by molar-refractivity contribution is -0.142. The lowest BCUT2D eigenvalue weighted by atomic mass is 10.1. The Balaban J connectivity index is 1.69. The van der Waals surface area contributed by atoms with E-state index in [1.807, 2.05) is 18.2 Å². The van der Waals surface area contributed by atoms with Gasteiger partial charge in [0.2, 0.25) is 5.91 Å². The molecule has 0 radical (unpaired) electrons. The Morgan fingerprint density at radius 3 is 2.47 bits per heavy atom. The molecule has 3 aromatic rings. The Morgan fingerprint density at radius 2 is 1.77 bits per heavy atom. The maximum atomic E-state index is 12.7. The van der Waals surface area contributed by atoms with Crippen molar-refractivity contribution in [3.8, 4) is 0 Å². The molecule has 0 spiro atoms. The van der Waals surface area contributed by atoms with Crippen molar-refractivity contribution in [2.75, 3.05) is 5.75 Å². The minimum absolute atomic E-state index is 0.146. The number of hydrogen-bond acceptors (Lipinski definition) is 4. The van der Waals surface area contributed by atoms with E-state index in [1.165, 1.54) is 0 Å². The molecule has 30 heavy (non-hydrogen) atoms. The zero-order chi connectivity index (χ0) is 21.5. The van der Waals surface area contributed by atoms with Crippen LogP contribution in [-0.2, 0) is 16.0 Å². The number of carbonyl (C=O) groups is 3. The van der Waals surface area contributed by atoms with Crippen molar-refractivity contribution in [1.29, 1.82) is 0 Å². The molecule has 2 amide bonds. The van der Waals surface area contributed by atoms with Crippen LogP contribution in [0.1, 0.15) is 22.3 Å². The first-order valence-corrected chi connectivity index (χ1v) is 10.2. The standard InChI is InChI=1S/C22H23N3O4S/c26-20(16-7-6-15-8-10-23-18(15)13-16)24-17(9-11-30)21(27)25-19(22(28)29)12-14-4-2-1-3-5-14/h1-8,10,13,17,19,23,30H,9,11-12H2,(H,24,26)(H,25,27)(H,28,29)/t17?,19-/m1/s1. The van der Waals surface area contributed by atoms with Crippen LogP contribution in [0.15, 0.2) is 60.8 Å². The number of nitrogens with one attached hydrogen (secondary N) is 3. The van der Waals surface area contributed by atoms with Crippen molar-refractivity contribution in [2.24, 2.45) is 0 Å². The van der Waals surface area contributed by atoms with Crippen LogP contribution < -0.4 is 10.6 Å². The van der Waals surface area contributed by atoms with Gasteiger partial charge in [-0.15, -0.1) is 0 Å². The van der Waals surface area contributed by atoms with E-state index in [2.05, 4.69) is 28.2 Å². The molecule has 3 rings (SSSR count). The number of fused-ring (bicyclic) bond motifs is 1. The maximum Gasteiger partial charge on any atom is 0.326 e. The summed E-state index contributed by atoms with van der Waals surface area (Å²) in [6.45, 7) is 0. The first-order chi connectivity index (χ1) is 14.5. The molecule has 1 unspecified atom stereocenters. The van der Waals surface area contributed by atoms with Crippen LogP contribution in [0.5, 0.6) is 0 Å². The molecule has 0 bridgehead atoms. The van der Waals surface area contributed by atoms with E-state index in [0.29, 0.717) is 11.3 Å². The Bertz CT molecular complexity index is 1040. The van der Waals surface area contributed by atoms with Crippen LogP contribution in [0, 0.1) is 0 Å². The number of amides is 2. The number of H-pyrrole nitrogens is 1. The lowest BCUT2D eigenvalue weighted by Crippen LogP contribution is -2.52. The quantitative estimate of drug-likeness (QED) is 0.339. The second kappa shape index (κ2) is 9.98. The van der Waals surface area contributed by atoms with Crippen molar-refractivity contribution in [2.45, 2.75) is 24.9 Å². The van der Waals surface area contributed by atoms with E-state index in [9.17, 15) is 19.5 Å². The van der Waals surface area contributed by atoms with Gasteiger partial charge in [-0.3, -0.25) is 9.59 Å². The number of aliphatic carboxylic acids is 1. The molecule has 0 saturated carbocycles. The van der Waals surface area contributed by atoms with Crippen molar-refractivity contribution < 1.29 is 19.5 Å². The van der Waals surface area contributed by atoms with Gasteiger partial charge in [-0.05, 0) is 41.3 Å². The smallest absolute Gasteiger partial charge is 0.326 e. The summed E-state index contributed by atoms with van der Waals surface area (Å²) in [4.78, 5) is 40.1. The van der Waals surface area contributed by atoms with Crippen LogP contribution in [-0.4, -0.2) is 45.7 Å². The van der Waals surface area contributed by atoms with E-state index in [0.717, 1.165) is 16.5 Å². The van der Waals surface area contributed by atoms with E-state index in [-0.39, 0.29) is 12.8 Å². The number of carbonyl (C=O) groups excluding carboxylic acids is 2. The fraction of sp³-hybridized carbons (Fsp3) is 0.227. The molecule has 2 aromatic carbocycles. The number of rotatable bonds is 9. The van der Waals surface area contributed by atoms with Crippen molar-refractivity contribution in [3.05, 3.63) is 71.9 Å². The van der Waals surface area contributed by atoms with E-state index < -0.39 is 29.9 Å². The highest BCUT2D eigenvalue weighted by Crippen LogP contribution is 2.14. The summed E-state index contributed by atoms with van der Waals surface area (Å²) in [5, 5.41) is 15.7. The normalized spacial score (nSPS) is 12.8. The SMILES string of the molecule is O=C(NC(CCS)C(=O)N[C@H](Cc1ccccc1)C(=O)O)c1ccc2cc[nH]c2c1. The number of benzene rings is 2. The van der Waals surface area contributed by atoms with Crippen molar-refractivity contribution in [1.82, 2.24) is 15.6 Å². The third kappa shape index (κ3) is 5.42. The Hall–Kier alpha value is -3.26. The van der Waals surface area contributed by atoms with Gasteiger partial charge >= 0.3 is 5.97 Å². The van der Waals surface area contributed by atoms with E-state index >= 15 is 0 Å². The molecule has 8 heteroatoms. The largest absolute Gasteiger partial charge is 0.480 e. The maximum absolute atomic E-state index is 12.7. The fourth-order valence-electron chi connectivity index (χ4n) is 3.15. The number of aromatic amines is 1. The van der Waals surface area contributed by atoms with Crippen molar-refractivity contribution in [3.63, 3.8) is 0 Å². The van der Waals surface area contributed by atoms with Gasteiger partial charge in [0.05, 0.1) is 0 Å². The monoisotopic (exact) mass is 425 g/mol. The Labute approximate surface area is 179 Å². The third-order valence-corrected chi connectivity index (χ3v) is 5.01. The molecule has 0 saturated heterocycles. The second-order valence-electron chi connectivity index (χ2n) is 6.91. The highest BCUT2D eigenvalue weighted by atomic mass is 32.1. The first-order valence-electron chi connectivity index (χ1n) is 9.54. The molecule has 1 heterocycles.